The molecule has 132 valence electrons. The summed E-state index contributed by atoms with van der Waals surface area (Å²) in [6.07, 6.45) is 0. The lowest BCUT2D eigenvalue weighted by Gasteiger charge is -2.18. The lowest BCUT2D eigenvalue weighted by molar-refractivity contribution is -0.131. The molecule has 2 aromatic carbocycles. The van der Waals surface area contributed by atoms with Crippen molar-refractivity contribution >= 4 is 23.2 Å². The first kappa shape index (κ1) is 18.5. The summed E-state index contributed by atoms with van der Waals surface area (Å²) in [6.45, 7) is 6.18. The number of nitrogens with one attached hydrogen (secondary N) is 2. The Bertz CT molecular complexity index is 734. The van der Waals surface area contributed by atoms with Crippen molar-refractivity contribution in [2.24, 2.45) is 0 Å². The predicted molar refractivity (Wildman–Crippen MR) is 102 cm³/mol. The summed E-state index contributed by atoms with van der Waals surface area (Å²) >= 11 is 0. The summed E-state index contributed by atoms with van der Waals surface area (Å²) in [5.74, 6) is -0.357. The Morgan fingerprint density at radius 1 is 0.880 bits per heavy atom. The lowest BCUT2D eigenvalue weighted by Crippen LogP contribution is -2.38. The molecule has 0 radical (unpaired) electrons. The van der Waals surface area contributed by atoms with Crippen molar-refractivity contribution < 1.29 is 9.59 Å². The molecule has 0 unspecified atom stereocenters. The van der Waals surface area contributed by atoms with Crippen LogP contribution in [0.3, 0.4) is 0 Å². The molecule has 0 heterocycles. The fourth-order valence-corrected chi connectivity index (χ4v) is 2.53. The highest BCUT2D eigenvalue weighted by Crippen LogP contribution is 2.13. The van der Waals surface area contributed by atoms with E-state index in [0.717, 1.165) is 28.1 Å². The third kappa shape index (κ3) is 5.95. The number of anilines is 2. The zero-order valence-electron chi connectivity index (χ0n) is 15.2. The van der Waals surface area contributed by atoms with Crippen molar-refractivity contribution in [3.05, 3.63) is 59.2 Å². The highest BCUT2D eigenvalue weighted by atomic mass is 16.2. The quantitative estimate of drug-likeness (QED) is 0.850. The van der Waals surface area contributed by atoms with Gasteiger partial charge in [-0.1, -0.05) is 23.8 Å². The number of benzene rings is 2. The average molecular weight is 339 g/mol. The van der Waals surface area contributed by atoms with Gasteiger partial charge in [0.25, 0.3) is 0 Å². The molecule has 2 aromatic rings. The van der Waals surface area contributed by atoms with Crippen LogP contribution in [0.5, 0.6) is 0 Å². The van der Waals surface area contributed by atoms with Crippen LogP contribution < -0.4 is 10.6 Å². The molecule has 2 N–H and O–H groups in total. The van der Waals surface area contributed by atoms with Crippen molar-refractivity contribution in [1.82, 2.24) is 4.90 Å². The number of nitrogens with zero attached hydrogens (tertiary/aromatic N) is 1. The summed E-state index contributed by atoms with van der Waals surface area (Å²) in [5, 5.41) is 5.90. The normalized spacial score (nSPS) is 10.2. The van der Waals surface area contributed by atoms with Gasteiger partial charge in [-0.25, -0.2) is 0 Å². The van der Waals surface area contributed by atoms with E-state index in [-0.39, 0.29) is 24.9 Å². The van der Waals surface area contributed by atoms with Gasteiger partial charge >= 0.3 is 0 Å². The molecule has 0 fully saturated rings. The van der Waals surface area contributed by atoms with Gasteiger partial charge < -0.3 is 15.5 Å². The van der Waals surface area contributed by atoms with E-state index in [4.69, 9.17) is 0 Å². The van der Waals surface area contributed by atoms with Gasteiger partial charge in [-0.3, -0.25) is 9.59 Å². The van der Waals surface area contributed by atoms with E-state index in [2.05, 4.69) is 16.7 Å². The second kappa shape index (κ2) is 8.33. The van der Waals surface area contributed by atoms with E-state index in [1.807, 2.05) is 57.2 Å². The number of rotatable bonds is 6. The number of carbonyl (C=O) groups excluding carboxylic acids is 2. The van der Waals surface area contributed by atoms with Crippen molar-refractivity contribution in [1.29, 1.82) is 0 Å². The molecule has 0 aliphatic carbocycles. The van der Waals surface area contributed by atoms with Gasteiger partial charge in [0.05, 0.1) is 13.1 Å². The van der Waals surface area contributed by atoms with Crippen LogP contribution in [-0.2, 0) is 9.59 Å². The molecule has 0 aliphatic heterocycles. The van der Waals surface area contributed by atoms with Crippen molar-refractivity contribution in [3.63, 3.8) is 0 Å². The number of hydrogen-bond acceptors (Lipinski definition) is 3. The monoisotopic (exact) mass is 339 g/mol. The van der Waals surface area contributed by atoms with Gasteiger partial charge in [0.2, 0.25) is 11.8 Å². The largest absolute Gasteiger partial charge is 0.376 e. The molecule has 0 aliphatic rings. The van der Waals surface area contributed by atoms with Crippen LogP contribution >= 0.6 is 0 Å². The number of amides is 2. The highest BCUT2D eigenvalue weighted by Gasteiger charge is 2.13. The highest BCUT2D eigenvalue weighted by molar-refractivity contribution is 5.95. The second-order valence-corrected chi connectivity index (χ2v) is 6.39. The second-order valence-electron chi connectivity index (χ2n) is 6.39. The molecule has 0 spiro atoms. The van der Waals surface area contributed by atoms with Gasteiger partial charge in [0.15, 0.2) is 0 Å². The number of carbonyl (C=O) groups is 2. The predicted octanol–water partition coefficient (Wildman–Crippen LogP) is 3.12. The maximum absolute atomic E-state index is 12.2. The maximum Gasteiger partial charge on any atom is 0.243 e. The first-order chi connectivity index (χ1) is 11.8. The molecule has 2 rings (SSSR count). The van der Waals surface area contributed by atoms with Crippen LogP contribution in [0.25, 0.3) is 0 Å². The molecule has 0 saturated carbocycles. The number of likely N-dealkylation sites (N-methyl/N-ethyl adjacent to an activating group) is 1. The summed E-state index contributed by atoms with van der Waals surface area (Å²) in [7, 11) is 1.63. The Hall–Kier alpha value is -2.82. The smallest absolute Gasteiger partial charge is 0.243 e. The molecular formula is C20H25N3O2. The summed E-state index contributed by atoms with van der Waals surface area (Å²) in [5.41, 5.74) is 5.04. The first-order valence-corrected chi connectivity index (χ1v) is 8.26. The molecule has 0 aromatic heterocycles. The Morgan fingerprint density at radius 3 is 2.08 bits per heavy atom. The molecule has 25 heavy (non-hydrogen) atoms. The van der Waals surface area contributed by atoms with Gasteiger partial charge in [-0.2, -0.15) is 0 Å². The maximum atomic E-state index is 12.2. The molecular weight excluding hydrogens is 314 g/mol. The Labute approximate surface area is 149 Å². The van der Waals surface area contributed by atoms with Crippen LogP contribution in [-0.4, -0.2) is 36.9 Å². The van der Waals surface area contributed by atoms with Gasteiger partial charge in [0, 0.05) is 18.4 Å². The SMILES string of the molecule is Cc1ccc(NC(=O)CN(C)C(=O)CNc2cc(C)cc(C)c2)cc1. The fraction of sp³-hybridized carbons (Fsp3) is 0.300. The van der Waals surface area contributed by atoms with Gasteiger partial charge in [-0.15, -0.1) is 0 Å². The van der Waals surface area contributed by atoms with Crippen LogP contribution in [0.4, 0.5) is 11.4 Å². The Balaban J connectivity index is 1.82. The molecule has 0 atom stereocenters. The third-order valence-corrected chi connectivity index (χ3v) is 3.81. The molecule has 0 saturated heterocycles. The van der Waals surface area contributed by atoms with Crippen molar-refractivity contribution in [3.8, 4) is 0 Å². The summed E-state index contributed by atoms with van der Waals surface area (Å²) < 4.78 is 0. The minimum Gasteiger partial charge on any atom is -0.376 e. The topological polar surface area (TPSA) is 61.4 Å². The first-order valence-electron chi connectivity index (χ1n) is 8.26. The van der Waals surface area contributed by atoms with E-state index >= 15 is 0 Å². The zero-order chi connectivity index (χ0) is 18.4. The van der Waals surface area contributed by atoms with E-state index in [0.29, 0.717) is 0 Å². The van der Waals surface area contributed by atoms with E-state index in [1.54, 1.807) is 7.05 Å². The minimum absolute atomic E-state index is 0.0151. The molecule has 2 amide bonds. The van der Waals surface area contributed by atoms with Gasteiger partial charge in [0.1, 0.15) is 0 Å². The molecule has 5 heteroatoms. The van der Waals surface area contributed by atoms with Crippen molar-refractivity contribution in [2.45, 2.75) is 20.8 Å². The summed E-state index contributed by atoms with van der Waals surface area (Å²) in [4.78, 5) is 25.7. The Morgan fingerprint density at radius 2 is 1.48 bits per heavy atom. The van der Waals surface area contributed by atoms with Crippen molar-refractivity contribution in [2.75, 3.05) is 30.8 Å². The number of hydrogen-bond donors (Lipinski definition) is 2. The van der Waals surface area contributed by atoms with E-state index < -0.39 is 0 Å². The van der Waals surface area contributed by atoms with Gasteiger partial charge in [-0.05, 0) is 56.2 Å². The number of aryl methyl sites for hydroxylation is 3. The van der Waals surface area contributed by atoms with Crippen LogP contribution in [0.1, 0.15) is 16.7 Å². The van der Waals surface area contributed by atoms with Crippen LogP contribution in [0, 0.1) is 20.8 Å². The van der Waals surface area contributed by atoms with E-state index in [9.17, 15) is 9.59 Å². The fourth-order valence-electron chi connectivity index (χ4n) is 2.53. The average Bonchev–Trinajstić information content (AvgIpc) is 2.53. The van der Waals surface area contributed by atoms with Crippen LogP contribution in [0.15, 0.2) is 42.5 Å². The lowest BCUT2D eigenvalue weighted by atomic mass is 10.1. The third-order valence-electron chi connectivity index (χ3n) is 3.81. The Kier molecular flexibility index (Phi) is 6.17. The molecule has 0 bridgehead atoms. The minimum atomic E-state index is -0.217. The van der Waals surface area contributed by atoms with Crippen LogP contribution in [0.2, 0.25) is 0 Å². The molecule has 5 nitrogen and oxygen atoms in total. The summed E-state index contributed by atoms with van der Waals surface area (Å²) in [6, 6.07) is 13.6. The standard InChI is InChI=1S/C20H25N3O2/c1-14-5-7-17(8-6-14)22-19(24)13-23(4)20(25)12-21-18-10-15(2)9-16(3)11-18/h5-11,21H,12-13H2,1-4H3,(H,22,24). The zero-order valence-corrected chi connectivity index (χ0v) is 15.2. The van der Waals surface area contributed by atoms with E-state index in [1.165, 1.54) is 4.90 Å².